The van der Waals surface area contributed by atoms with Crippen LogP contribution in [0.1, 0.15) is 264 Å². The van der Waals surface area contributed by atoms with Crippen molar-refractivity contribution in [1.82, 2.24) is 5.32 Å². The molecule has 0 spiro atoms. The zero-order valence-corrected chi connectivity index (χ0v) is 35.8. The van der Waals surface area contributed by atoms with E-state index in [1.54, 1.807) is 6.08 Å². The zero-order chi connectivity index (χ0) is 38.6. The number of carbonyl (C=O) groups excluding carboxylic acids is 1. The number of rotatable bonds is 45. The molecule has 0 aromatic heterocycles. The van der Waals surface area contributed by atoms with E-state index < -0.39 is 12.1 Å². The van der Waals surface area contributed by atoms with Crippen molar-refractivity contribution >= 4 is 5.91 Å². The van der Waals surface area contributed by atoms with Gasteiger partial charge in [-0.2, -0.15) is 0 Å². The highest BCUT2D eigenvalue weighted by molar-refractivity contribution is 5.76. The molecule has 0 saturated heterocycles. The van der Waals surface area contributed by atoms with Crippen LogP contribution in [-0.2, 0) is 4.79 Å². The average Bonchev–Trinajstić information content (AvgIpc) is 3.16. The molecule has 53 heavy (non-hydrogen) atoms. The monoisotopic (exact) mass is 750 g/mol. The van der Waals surface area contributed by atoms with Gasteiger partial charge in [-0.05, 0) is 25.7 Å². The fourth-order valence-corrected chi connectivity index (χ4v) is 7.63. The molecule has 0 rings (SSSR count). The first-order valence-electron chi connectivity index (χ1n) is 24.0. The van der Waals surface area contributed by atoms with Crippen LogP contribution in [-0.4, -0.2) is 46.6 Å². The summed E-state index contributed by atoms with van der Waals surface area (Å²) in [6.07, 6.45) is 54.9. The Labute approximate surface area is 331 Å². The summed E-state index contributed by atoms with van der Waals surface area (Å²) in [5.41, 5.74) is 0. The number of aliphatic hydroxyl groups excluding tert-OH is 3. The van der Waals surface area contributed by atoms with Crippen molar-refractivity contribution < 1.29 is 20.1 Å². The smallest absolute Gasteiger partial charge is 0.220 e. The van der Waals surface area contributed by atoms with Gasteiger partial charge in [-0.15, -0.1) is 0 Å². The molecule has 0 aromatic carbocycles. The van der Waals surface area contributed by atoms with Crippen molar-refractivity contribution in [2.24, 2.45) is 0 Å². The van der Waals surface area contributed by atoms with Crippen LogP contribution in [0.3, 0.4) is 0 Å². The van der Waals surface area contributed by atoms with E-state index in [-0.39, 0.29) is 12.5 Å². The second-order valence-electron chi connectivity index (χ2n) is 16.6. The van der Waals surface area contributed by atoms with E-state index in [1.807, 2.05) is 6.08 Å². The molecule has 0 aliphatic heterocycles. The van der Waals surface area contributed by atoms with E-state index in [1.165, 1.54) is 218 Å². The topological polar surface area (TPSA) is 89.8 Å². The van der Waals surface area contributed by atoms with Crippen molar-refractivity contribution in [3.63, 3.8) is 0 Å². The van der Waals surface area contributed by atoms with Crippen LogP contribution in [0.15, 0.2) is 12.2 Å². The van der Waals surface area contributed by atoms with Gasteiger partial charge in [-0.3, -0.25) is 4.79 Å². The molecular weight excluding hydrogens is 655 g/mol. The second kappa shape index (κ2) is 45.5. The van der Waals surface area contributed by atoms with E-state index in [2.05, 4.69) is 12.2 Å². The molecule has 0 aliphatic carbocycles. The molecule has 4 N–H and O–H groups in total. The van der Waals surface area contributed by atoms with Crippen molar-refractivity contribution in [1.29, 1.82) is 0 Å². The average molecular weight is 750 g/mol. The van der Waals surface area contributed by atoms with Gasteiger partial charge in [0, 0.05) is 13.0 Å². The predicted molar refractivity (Wildman–Crippen MR) is 232 cm³/mol. The Morgan fingerprint density at radius 2 is 0.755 bits per heavy atom. The third-order valence-corrected chi connectivity index (χ3v) is 11.3. The normalized spacial score (nSPS) is 12.9. The number of carbonyl (C=O) groups is 1. The summed E-state index contributed by atoms with van der Waals surface area (Å²) in [5.74, 6) is -0.0628. The van der Waals surface area contributed by atoms with Gasteiger partial charge >= 0.3 is 0 Å². The Bertz CT molecular complexity index is 728. The number of unbranched alkanes of at least 4 members (excludes halogenated alkanes) is 37. The van der Waals surface area contributed by atoms with Gasteiger partial charge in [0.15, 0.2) is 0 Å². The molecule has 0 heterocycles. The maximum Gasteiger partial charge on any atom is 0.220 e. The molecule has 0 fully saturated rings. The van der Waals surface area contributed by atoms with Gasteiger partial charge in [0.2, 0.25) is 5.91 Å². The van der Waals surface area contributed by atoms with Gasteiger partial charge < -0.3 is 20.6 Å². The number of aliphatic hydroxyl groups is 3. The van der Waals surface area contributed by atoms with E-state index in [0.29, 0.717) is 13.0 Å². The van der Waals surface area contributed by atoms with Gasteiger partial charge in [0.1, 0.15) is 0 Å². The van der Waals surface area contributed by atoms with Gasteiger partial charge in [-0.1, -0.05) is 244 Å². The Morgan fingerprint density at radius 1 is 0.453 bits per heavy atom. The summed E-state index contributed by atoms with van der Waals surface area (Å²) in [6, 6.07) is -0.620. The molecular formula is C48H95NO4. The van der Waals surface area contributed by atoms with Crippen LogP contribution in [0.5, 0.6) is 0 Å². The molecule has 316 valence electrons. The first kappa shape index (κ1) is 52.1. The minimum atomic E-state index is -0.836. The van der Waals surface area contributed by atoms with E-state index in [0.717, 1.165) is 32.1 Å². The Morgan fingerprint density at radius 3 is 1.08 bits per heavy atom. The summed E-state index contributed by atoms with van der Waals surface area (Å²) in [5, 5.41) is 31.8. The molecule has 0 radical (unpaired) electrons. The number of hydrogen-bond donors (Lipinski definition) is 4. The van der Waals surface area contributed by atoms with Crippen LogP contribution in [0.4, 0.5) is 0 Å². The van der Waals surface area contributed by atoms with Crippen molar-refractivity contribution in [3.8, 4) is 0 Å². The largest absolute Gasteiger partial charge is 0.396 e. The Balaban J connectivity index is 3.42. The van der Waals surface area contributed by atoms with Crippen molar-refractivity contribution in [2.45, 2.75) is 276 Å². The van der Waals surface area contributed by atoms with E-state index in [9.17, 15) is 15.0 Å². The number of hydrogen-bond acceptors (Lipinski definition) is 4. The molecule has 0 bridgehead atoms. The quantitative estimate of drug-likeness (QED) is 0.0369. The molecule has 2 atom stereocenters. The van der Waals surface area contributed by atoms with Gasteiger partial charge in [0.25, 0.3) is 0 Å². The minimum Gasteiger partial charge on any atom is -0.396 e. The standard InChI is InChI=1S/C48H95NO4/c1-2-3-4-5-6-7-8-24-27-30-33-36-39-42-47(52)46(45-51)49-48(53)43-40-37-34-31-28-25-22-20-18-16-14-12-10-9-11-13-15-17-19-21-23-26-29-32-35-38-41-44-50/h39,42,46-47,50-52H,2-38,40-41,43-45H2,1H3,(H,49,53)/b42-39+/t46-,47?/m0/s1. The van der Waals surface area contributed by atoms with Crippen LogP contribution < -0.4 is 5.32 Å². The lowest BCUT2D eigenvalue weighted by Crippen LogP contribution is -2.45. The first-order valence-corrected chi connectivity index (χ1v) is 24.0. The second-order valence-corrected chi connectivity index (χ2v) is 16.6. The highest BCUT2D eigenvalue weighted by Gasteiger charge is 2.18. The predicted octanol–water partition coefficient (Wildman–Crippen LogP) is 14.0. The number of allylic oxidation sites excluding steroid dienone is 1. The Kier molecular flexibility index (Phi) is 44.7. The summed E-state index contributed by atoms with van der Waals surface area (Å²) in [7, 11) is 0. The summed E-state index contributed by atoms with van der Waals surface area (Å²) in [6.45, 7) is 2.38. The fraction of sp³-hybridized carbons (Fsp3) is 0.938. The number of amides is 1. The minimum absolute atomic E-state index is 0.0628. The van der Waals surface area contributed by atoms with Crippen molar-refractivity contribution in [2.75, 3.05) is 13.2 Å². The summed E-state index contributed by atoms with van der Waals surface area (Å²) < 4.78 is 0. The third-order valence-electron chi connectivity index (χ3n) is 11.3. The summed E-state index contributed by atoms with van der Waals surface area (Å²) >= 11 is 0. The van der Waals surface area contributed by atoms with Crippen LogP contribution in [0.25, 0.3) is 0 Å². The van der Waals surface area contributed by atoms with Crippen molar-refractivity contribution in [3.05, 3.63) is 12.2 Å². The molecule has 1 unspecified atom stereocenters. The van der Waals surface area contributed by atoms with Gasteiger partial charge in [0.05, 0.1) is 18.8 Å². The lowest BCUT2D eigenvalue weighted by atomic mass is 10.0. The van der Waals surface area contributed by atoms with Crippen LogP contribution >= 0.6 is 0 Å². The molecule has 0 aliphatic rings. The highest BCUT2D eigenvalue weighted by Crippen LogP contribution is 2.17. The molecule has 0 aromatic rings. The van der Waals surface area contributed by atoms with Crippen LogP contribution in [0, 0.1) is 0 Å². The van der Waals surface area contributed by atoms with E-state index in [4.69, 9.17) is 5.11 Å². The summed E-state index contributed by atoms with van der Waals surface area (Å²) in [4.78, 5) is 12.4. The fourth-order valence-electron chi connectivity index (χ4n) is 7.63. The lowest BCUT2D eigenvalue weighted by molar-refractivity contribution is -0.123. The third kappa shape index (κ3) is 42.1. The van der Waals surface area contributed by atoms with E-state index >= 15 is 0 Å². The Hall–Kier alpha value is -0.910. The van der Waals surface area contributed by atoms with Gasteiger partial charge in [-0.25, -0.2) is 0 Å². The number of nitrogens with one attached hydrogen (secondary N) is 1. The maximum atomic E-state index is 12.4. The maximum absolute atomic E-state index is 12.4. The molecule has 5 heteroatoms. The highest BCUT2D eigenvalue weighted by atomic mass is 16.3. The molecule has 5 nitrogen and oxygen atoms in total. The molecule has 1 amide bonds. The SMILES string of the molecule is CCCCCCCCCCCCC/C=C/C(O)[C@H](CO)NC(=O)CCCCCCCCCCCCCCCCCCCCCCCCCCCCCO. The molecule has 0 saturated carbocycles. The lowest BCUT2D eigenvalue weighted by Gasteiger charge is -2.20. The zero-order valence-electron chi connectivity index (χ0n) is 35.8. The first-order chi connectivity index (χ1) is 26.2. The van der Waals surface area contributed by atoms with Crippen LogP contribution in [0.2, 0.25) is 0 Å².